The molecule has 1 aromatic carbocycles. The van der Waals surface area contributed by atoms with E-state index in [1.54, 1.807) is 7.11 Å². The van der Waals surface area contributed by atoms with E-state index in [0.29, 0.717) is 18.6 Å². The minimum Gasteiger partial charge on any atom is -0.496 e. The van der Waals surface area contributed by atoms with Gasteiger partial charge in [0.25, 0.3) is 0 Å². The van der Waals surface area contributed by atoms with Gasteiger partial charge < -0.3 is 15.0 Å². The van der Waals surface area contributed by atoms with Gasteiger partial charge in [-0.3, -0.25) is 4.90 Å². The Morgan fingerprint density at radius 1 is 1.28 bits per heavy atom. The average Bonchev–Trinajstić information content (AvgIpc) is 2.59. The van der Waals surface area contributed by atoms with Gasteiger partial charge in [-0.25, -0.2) is 4.79 Å². The minimum atomic E-state index is 0.0842. The number of likely N-dealkylation sites (tertiary alicyclic amines) is 2. The molecular weight excluding hydrogens is 314 g/mol. The molecule has 5 heteroatoms. The summed E-state index contributed by atoms with van der Waals surface area (Å²) < 4.78 is 5.37. The number of methoxy groups -OCH3 is 1. The van der Waals surface area contributed by atoms with Crippen LogP contribution >= 0.6 is 0 Å². The fraction of sp³-hybridized carbons (Fsp3) is 0.650. The number of nitrogens with zero attached hydrogens (tertiary/aromatic N) is 2. The van der Waals surface area contributed by atoms with Crippen molar-refractivity contribution in [1.82, 2.24) is 15.1 Å². The number of carbonyl (C=O) groups excluding carboxylic acids is 1. The Labute approximate surface area is 151 Å². The van der Waals surface area contributed by atoms with E-state index < -0.39 is 0 Å². The highest BCUT2D eigenvalue weighted by Gasteiger charge is 2.37. The highest BCUT2D eigenvalue weighted by atomic mass is 16.5. The number of carbonyl (C=O) groups is 1. The summed E-state index contributed by atoms with van der Waals surface area (Å²) in [6.45, 7) is 5.98. The van der Waals surface area contributed by atoms with Gasteiger partial charge in [0.05, 0.1) is 7.11 Å². The summed E-state index contributed by atoms with van der Waals surface area (Å²) in [5.74, 6) is 0.926. The average molecular weight is 345 g/mol. The van der Waals surface area contributed by atoms with E-state index in [-0.39, 0.29) is 6.03 Å². The molecule has 2 heterocycles. The van der Waals surface area contributed by atoms with E-state index in [4.69, 9.17) is 4.74 Å². The SMILES string of the molecule is COc1ccccc1CCCNC(=O)N1CC(N2CCCCC2C)C1. The van der Waals surface area contributed by atoms with Crippen LogP contribution in [0.3, 0.4) is 0 Å². The third-order valence-corrected chi connectivity index (χ3v) is 5.56. The van der Waals surface area contributed by atoms with Gasteiger partial charge in [-0.05, 0) is 50.8 Å². The number of para-hydroxylation sites is 1. The number of amides is 2. The van der Waals surface area contributed by atoms with Gasteiger partial charge in [-0.1, -0.05) is 24.6 Å². The van der Waals surface area contributed by atoms with Gasteiger partial charge in [0.2, 0.25) is 0 Å². The quantitative estimate of drug-likeness (QED) is 0.807. The van der Waals surface area contributed by atoms with Gasteiger partial charge in [-0.15, -0.1) is 0 Å². The molecule has 1 unspecified atom stereocenters. The lowest BCUT2D eigenvalue weighted by Gasteiger charge is -2.49. The zero-order valence-corrected chi connectivity index (χ0v) is 15.5. The number of hydrogen-bond donors (Lipinski definition) is 1. The van der Waals surface area contributed by atoms with Crippen molar-refractivity contribution in [2.45, 2.75) is 51.1 Å². The van der Waals surface area contributed by atoms with E-state index in [1.807, 2.05) is 23.1 Å². The summed E-state index contributed by atoms with van der Waals surface area (Å²) in [6.07, 6.45) is 5.78. The third-order valence-electron chi connectivity index (χ3n) is 5.56. The van der Waals surface area contributed by atoms with Gasteiger partial charge in [0.1, 0.15) is 5.75 Å². The zero-order chi connectivity index (χ0) is 17.6. The molecule has 2 fully saturated rings. The van der Waals surface area contributed by atoms with Crippen LogP contribution in [0.4, 0.5) is 4.79 Å². The summed E-state index contributed by atoms with van der Waals surface area (Å²) in [5, 5.41) is 3.05. The molecule has 0 saturated carbocycles. The first-order valence-electron chi connectivity index (χ1n) is 9.59. The van der Waals surface area contributed by atoms with Crippen LogP contribution in [0.5, 0.6) is 5.75 Å². The largest absolute Gasteiger partial charge is 0.496 e. The number of piperidine rings is 1. The second kappa shape index (κ2) is 8.56. The van der Waals surface area contributed by atoms with E-state index >= 15 is 0 Å². The molecule has 138 valence electrons. The van der Waals surface area contributed by atoms with Crippen molar-refractivity contribution in [3.8, 4) is 5.75 Å². The highest BCUT2D eigenvalue weighted by Crippen LogP contribution is 2.24. The molecule has 25 heavy (non-hydrogen) atoms. The zero-order valence-electron chi connectivity index (χ0n) is 15.5. The van der Waals surface area contributed by atoms with Crippen molar-refractivity contribution in [2.75, 3.05) is 33.3 Å². The molecule has 0 bridgehead atoms. The van der Waals surface area contributed by atoms with Crippen LogP contribution in [0.25, 0.3) is 0 Å². The summed E-state index contributed by atoms with van der Waals surface area (Å²) in [4.78, 5) is 16.8. The monoisotopic (exact) mass is 345 g/mol. The number of urea groups is 1. The molecule has 2 saturated heterocycles. The fourth-order valence-electron chi connectivity index (χ4n) is 3.99. The molecule has 2 aliphatic rings. The topological polar surface area (TPSA) is 44.8 Å². The van der Waals surface area contributed by atoms with Gasteiger partial charge in [-0.2, -0.15) is 0 Å². The summed E-state index contributed by atoms with van der Waals surface area (Å²) >= 11 is 0. The van der Waals surface area contributed by atoms with Crippen LogP contribution in [0.2, 0.25) is 0 Å². The Balaban J connectivity index is 1.34. The summed E-state index contributed by atoms with van der Waals surface area (Å²) in [5.41, 5.74) is 1.20. The van der Waals surface area contributed by atoms with Crippen molar-refractivity contribution in [2.24, 2.45) is 0 Å². The molecule has 1 aromatic rings. The maximum Gasteiger partial charge on any atom is 0.317 e. The van der Waals surface area contributed by atoms with Crippen LogP contribution in [-0.4, -0.2) is 61.2 Å². The highest BCUT2D eigenvalue weighted by molar-refractivity contribution is 5.75. The van der Waals surface area contributed by atoms with Crippen molar-refractivity contribution in [1.29, 1.82) is 0 Å². The van der Waals surface area contributed by atoms with Crippen LogP contribution in [-0.2, 0) is 6.42 Å². The molecule has 0 aliphatic carbocycles. The Bertz CT molecular complexity index is 572. The smallest absolute Gasteiger partial charge is 0.317 e. The lowest BCUT2D eigenvalue weighted by atomic mass is 9.98. The van der Waals surface area contributed by atoms with E-state index in [1.165, 1.54) is 31.4 Å². The van der Waals surface area contributed by atoms with Crippen molar-refractivity contribution >= 4 is 6.03 Å². The first kappa shape index (κ1) is 18.1. The first-order valence-corrected chi connectivity index (χ1v) is 9.59. The molecule has 0 radical (unpaired) electrons. The van der Waals surface area contributed by atoms with Crippen molar-refractivity contribution in [3.05, 3.63) is 29.8 Å². The Morgan fingerprint density at radius 2 is 2.08 bits per heavy atom. The first-order chi connectivity index (χ1) is 12.2. The molecule has 1 N–H and O–H groups in total. The predicted octanol–water partition coefficient (Wildman–Crippen LogP) is 2.90. The summed E-state index contributed by atoms with van der Waals surface area (Å²) in [6, 6.07) is 9.39. The molecule has 2 amide bonds. The number of hydrogen-bond acceptors (Lipinski definition) is 3. The van der Waals surface area contributed by atoms with E-state index in [2.05, 4.69) is 23.2 Å². The van der Waals surface area contributed by atoms with Crippen LogP contribution in [0.15, 0.2) is 24.3 Å². The summed E-state index contributed by atoms with van der Waals surface area (Å²) in [7, 11) is 1.70. The Hall–Kier alpha value is -1.75. The van der Waals surface area contributed by atoms with Crippen molar-refractivity contribution < 1.29 is 9.53 Å². The third kappa shape index (κ3) is 4.46. The fourth-order valence-corrected chi connectivity index (χ4v) is 3.99. The molecule has 5 nitrogen and oxygen atoms in total. The van der Waals surface area contributed by atoms with Gasteiger partial charge >= 0.3 is 6.03 Å². The number of aryl methyl sites for hydroxylation is 1. The molecule has 1 atom stereocenters. The lowest BCUT2D eigenvalue weighted by Crippen LogP contribution is -2.65. The van der Waals surface area contributed by atoms with Crippen LogP contribution in [0, 0.1) is 0 Å². The maximum absolute atomic E-state index is 12.2. The maximum atomic E-state index is 12.2. The number of rotatable bonds is 6. The second-order valence-corrected chi connectivity index (χ2v) is 7.29. The second-order valence-electron chi connectivity index (χ2n) is 7.29. The Kier molecular flexibility index (Phi) is 6.19. The number of benzene rings is 1. The molecular formula is C20H31N3O2. The number of ether oxygens (including phenoxy) is 1. The van der Waals surface area contributed by atoms with Gasteiger partial charge in [0, 0.05) is 31.7 Å². The predicted molar refractivity (Wildman–Crippen MR) is 100 cm³/mol. The van der Waals surface area contributed by atoms with Crippen LogP contribution < -0.4 is 10.1 Å². The molecule has 2 aliphatic heterocycles. The van der Waals surface area contributed by atoms with E-state index in [0.717, 1.165) is 31.7 Å². The molecule has 0 aromatic heterocycles. The molecule has 0 spiro atoms. The van der Waals surface area contributed by atoms with E-state index in [9.17, 15) is 4.79 Å². The minimum absolute atomic E-state index is 0.0842. The van der Waals surface area contributed by atoms with Gasteiger partial charge in [0.15, 0.2) is 0 Å². The molecule has 3 rings (SSSR count). The Morgan fingerprint density at radius 3 is 2.84 bits per heavy atom. The standard InChI is InChI=1S/C20H31N3O2/c1-16-8-5-6-13-23(16)18-14-22(15-18)20(24)21-12-7-10-17-9-3-4-11-19(17)25-2/h3-4,9,11,16,18H,5-8,10,12-15H2,1-2H3,(H,21,24). The lowest BCUT2D eigenvalue weighted by molar-refractivity contribution is 0.0170. The van der Waals surface area contributed by atoms with Crippen molar-refractivity contribution in [3.63, 3.8) is 0 Å². The van der Waals surface area contributed by atoms with Crippen LogP contribution in [0.1, 0.15) is 38.2 Å². The normalized spacial score (nSPS) is 21.7. The number of nitrogens with one attached hydrogen (secondary N) is 1.